The van der Waals surface area contributed by atoms with Crippen LogP contribution >= 0.6 is 11.6 Å². The second-order valence-electron chi connectivity index (χ2n) is 4.67. The van der Waals surface area contributed by atoms with Gasteiger partial charge in [0.05, 0.1) is 5.69 Å². The maximum Gasteiger partial charge on any atom is 0.333 e. The van der Waals surface area contributed by atoms with Gasteiger partial charge in [-0.1, -0.05) is 29.8 Å². The Morgan fingerprint density at radius 2 is 1.82 bits per heavy atom. The minimum atomic E-state index is -0.538. The second kappa shape index (κ2) is 5.54. The molecule has 22 heavy (non-hydrogen) atoms. The van der Waals surface area contributed by atoms with Crippen molar-refractivity contribution in [2.75, 3.05) is 4.90 Å². The summed E-state index contributed by atoms with van der Waals surface area (Å²) in [6, 6.07) is 12.5. The number of imide groups is 1. The van der Waals surface area contributed by atoms with E-state index in [1.807, 2.05) is 0 Å². The third-order valence-corrected chi connectivity index (χ3v) is 3.42. The van der Waals surface area contributed by atoms with Gasteiger partial charge >= 0.3 is 6.03 Å². The lowest BCUT2D eigenvalue weighted by atomic mass is 10.1. The maximum absolute atomic E-state index is 12.4. The molecule has 6 heteroatoms. The van der Waals surface area contributed by atoms with E-state index in [1.165, 1.54) is 24.3 Å². The van der Waals surface area contributed by atoms with Gasteiger partial charge in [0.1, 0.15) is 11.4 Å². The van der Waals surface area contributed by atoms with Crippen LogP contribution in [0, 0.1) is 0 Å². The summed E-state index contributed by atoms with van der Waals surface area (Å²) in [6.45, 7) is 0. The van der Waals surface area contributed by atoms with Gasteiger partial charge in [-0.15, -0.1) is 0 Å². The molecular formula is C16H11ClN2O3. The number of halogens is 1. The van der Waals surface area contributed by atoms with Crippen LogP contribution in [0.5, 0.6) is 5.75 Å². The summed E-state index contributed by atoms with van der Waals surface area (Å²) in [6.07, 6.45) is 1.39. The molecule has 1 fully saturated rings. The van der Waals surface area contributed by atoms with Crippen LogP contribution in [0.25, 0.3) is 6.08 Å². The molecule has 0 atom stereocenters. The minimum absolute atomic E-state index is 0.0305. The Morgan fingerprint density at radius 3 is 2.55 bits per heavy atom. The Labute approximate surface area is 131 Å². The van der Waals surface area contributed by atoms with E-state index in [4.69, 9.17) is 11.6 Å². The first-order chi connectivity index (χ1) is 10.6. The lowest BCUT2D eigenvalue weighted by Gasteiger charge is -2.10. The number of benzene rings is 2. The molecule has 3 rings (SSSR count). The molecule has 0 saturated carbocycles. The SMILES string of the molecule is O=C1NC(=Cc2cc(Cl)ccc2O)C(=O)N1c1ccccc1. The van der Waals surface area contributed by atoms with E-state index in [0.29, 0.717) is 16.3 Å². The summed E-state index contributed by atoms with van der Waals surface area (Å²) in [4.78, 5) is 25.4. The van der Waals surface area contributed by atoms with Crippen molar-refractivity contribution in [3.8, 4) is 5.75 Å². The Bertz CT molecular complexity index is 787. The topological polar surface area (TPSA) is 69.6 Å². The van der Waals surface area contributed by atoms with Crippen LogP contribution in [0.15, 0.2) is 54.2 Å². The van der Waals surface area contributed by atoms with Crippen molar-refractivity contribution in [2.45, 2.75) is 0 Å². The average molecular weight is 315 g/mol. The predicted molar refractivity (Wildman–Crippen MR) is 83.6 cm³/mol. The molecule has 0 spiro atoms. The summed E-state index contributed by atoms with van der Waals surface area (Å²) in [5.74, 6) is -0.521. The summed E-state index contributed by atoms with van der Waals surface area (Å²) in [5.41, 5.74) is 0.904. The van der Waals surface area contributed by atoms with Crippen LogP contribution in [0.1, 0.15) is 5.56 Å². The molecule has 2 aromatic carbocycles. The summed E-state index contributed by atoms with van der Waals surface area (Å²) in [7, 11) is 0. The highest BCUT2D eigenvalue weighted by atomic mass is 35.5. The number of rotatable bonds is 2. The Hall–Kier alpha value is -2.79. The van der Waals surface area contributed by atoms with Crippen LogP contribution in [0.4, 0.5) is 10.5 Å². The van der Waals surface area contributed by atoms with Gasteiger partial charge < -0.3 is 10.4 Å². The molecule has 1 heterocycles. The number of nitrogens with zero attached hydrogens (tertiary/aromatic N) is 1. The smallest absolute Gasteiger partial charge is 0.333 e. The largest absolute Gasteiger partial charge is 0.507 e. The lowest BCUT2D eigenvalue weighted by molar-refractivity contribution is -0.113. The number of nitrogens with one attached hydrogen (secondary N) is 1. The molecular weight excluding hydrogens is 304 g/mol. The van der Waals surface area contributed by atoms with Crippen molar-refractivity contribution in [2.24, 2.45) is 0 Å². The van der Waals surface area contributed by atoms with E-state index in [0.717, 1.165) is 4.90 Å². The van der Waals surface area contributed by atoms with Gasteiger partial charge in [-0.2, -0.15) is 0 Å². The van der Waals surface area contributed by atoms with Crippen molar-refractivity contribution < 1.29 is 14.7 Å². The van der Waals surface area contributed by atoms with E-state index in [9.17, 15) is 14.7 Å². The van der Waals surface area contributed by atoms with Gasteiger partial charge in [-0.3, -0.25) is 4.79 Å². The van der Waals surface area contributed by atoms with Crippen LogP contribution in [0.2, 0.25) is 5.02 Å². The molecule has 0 bridgehead atoms. The number of phenolic OH excluding ortho intramolecular Hbond substituents is 1. The normalized spacial score (nSPS) is 16.2. The van der Waals surface area contributed by atoms with Crippen LogP contribution < -0.4 is 10.2 Å². The van der Waals surface area contributed by atoms with Crippen molar-refractivity contribution in [1.29, 1.82) is 0 Å². The number of urea groups is 1. The fourth-order valence-electron chi connectivity index (χ4n) is 2.14. The lowest BCUT2D eigenvalue weighted by Crippen LogP contribution is -2.30. The first kappa shape index (κ1) is 14.2. The number of carbonyl (C=O) groups is 2. The van der Waals surface area contributed by atoms with Crippen molar-refractivity contribution in [3.63, 3.8) is 0 Å². The third-order valence-electron chi connectivity index (χ3n) is 3.18. The molecule has 0 unspecified atom stereocenters. The fraction of sp³-hybridized carbons (Fsp3) is 0. The molecule has 110 valence electrons. The van der Waals surface area contributed by atoms with Crippen LogP contribution in [-0.4, -0.2) is 17.0 Å². The zero-order chi connectivity index (χ0) is 15.7. The summed E-state index contributed by atoms with van der Waals surface area (Å²) >= 11 is 5.87. The maximum atomic E-state index is 12.4. The Balaban J connectivity index is 1.97. The molecule has 0 aliphatic carbocycles. The fourth-order valence-corrected chi connectivity index (χ4v) is 2.32. The quantitative estimate of drug-likeness (QED) is 0.661. The number of hydrogen-bond acceptors (Lipinski definition) is 3. The monoisotopic (exact) mass is 314 g/mol. The molecule has 0 aromatic heterocycles. The first-order valence-electron chi connectivity index (χ1n) is 6.47. The van der Waals surface area contributed by atoms with E-state index in [2.05, 4.69) is 5.32 Å². The summed E-state index contributed by atoms with van der Waals surface area (Å²) < 4.78 is 0. The van der Waals surface area contributed by atoms with Gasteiger partial charge in [-0.05, 0) is 36.4 Å². The average Bonchev–Trinajstić information content (AvgIpc) is 2.78. The highest BCUT2D eigenvalue weighted by Gasteiger charge is 2.34. The number of carbonyl (C=O) groups excluding carboxylic acids is 2. The van der Waals surface area contributed by atoms with E-state index in [1.54, 1.807) is 30.3 Å². The van der Waals surface area contributed by atoms with Crippen LogP contribution in [-0.2, 0) is 4.79 Å². The number of anilines is 1. The molecule has 0 radical (unpaired) electrons. The standard InChI is InChI=1S/C16H11ClN2O3/c17-11-6-7-14(20)10(8-11)9-13-15(21)19(16(22)18-13)12-4-2-1-3-5-12/h1-9,20H,(H,18,22). The number of hydrogen-bond donors (Lipinski definition) is 2. The van der Waals surface area contributed by atoms with Crippen molar-refractivity contribution in [1.82, 2.24) is 5.32 Å². The molecule has 2 aromatic rings. The molecule has 1 saturated heterocycles. The Kier molecular flexibility index (Phi) is 3.56. The first-order valence-corrected chi connectivity index (χ1v) is 6.85. The van der Waals surface area contributed by atoms with E-state index in [-0.39, 0.29) is 11.4 Å². The van der Waals surface area contributed by atoms with Gasteiger partial charge in [0.15, 0.2) is 0 Å². The third kappa shape index (κ3) is 2.54. The second-order valence-corrected chi connectivity index (χ2v) is 5.10. The summed E-state index contributed by atoms with van der Waals surface area (Å²) in [5, 5.41) is 12.7. The number of phenols is 1. The van der Waals surface area contributed by atoms with Gasteiger partial charge in [0.2, 0.25) is 0 Å². The van der Waals surface area contributed by atoms with Crippen molar-refractivity contribution >= 4 is 35.3 Å². The predicted octanol–water partition coefficient (Wildman–Crippen LogP) is 3.14. The number of para-hydroxylation sites is 1. The van der Waals surface area contributed by atoms with Crippen molar-refractivity contribution in [3.05, 3.63) is 64.8 Å². The number of amides is 3. The van der Waals surface area contributed by atoms with Gasteiger partial charge in [-0.25, -0.2) is 9.69 Å². The highest BCUT2D eigenvalue weighted by molar-refractivity contribution is 6.31. The zero-order valence-electron chi connectivity index (χ0n) is 11.3. The highest BCUT2D eigenvalue weighted by Crippen LogP contribution is 2.26. The molecule has 1 aliphatic rings. The number of aromatic hydroxyl groups is 1. The Morgan fingerprint density at radius 1 is 1.09 bits per heavy atom. The van der Waals surface area contributed by atoms with Gasteiger partial charge in [0.25, 0.3) is 5.91 Å². The van der Waals surface area contributed by atoms with Crippen LogP contribution in [0.3, 0.4) is 0 Å². The van der Waals surface area contributed by atoms with Gasteiger partial charge in [0, 0.05) is 10.6 Å². The van der Waals surface area contributed by atoms with E-state index < -0.39 is 11.9 Å². The molecule has 1 aliphatic heterocycles. The zero-order valence-corrected chi connectivity index (χ0v) is 12.0. The molecule has 2 N–H and O–H groups in total. The molecule has 5 nitrogen and oxygen atoms in total. The minimum Gasteiger partial charge on any atom is -0.507 e. The molecule has 3 amide bonds. The van der Waals surface area contributed by atoms with E-state index >= 15 is 0 Å².